The van der Waals surface area contributed by atoms with Gasteiger partial charge in [0.05, 0.1) is 11.5 Å². The van der Waals surface area contributed by atoms with Crippen LogP contribution in [0.15, 0.2) is 54.2 Å². The monoisotopic (exact) mass is 362 g/mol. The molecule has 1 aromatic carbocycles. The van der Waals surface area contributed by atoms with Crippen LogP contribution in [0.1, 0.15) is 17.7 Å². The molecule has 1 saturated heterocycles. The maximum absolute atomic E-state index is 11.3. The number of nitro groups is 1. The van der Waals surface area contributed by atoms with E-state index in [-0.39, 0.29) is 5.69 Å². The van der Waals surface area contributed by atoms with Gasteiger partial charge in [0, 0.05) is 30.3 Å². The number of hydroxylamine groups is 1. The third-order valence-corrected chi connectivity index (χ3v) is 4.64. The average Bonchev–Trinajstić information content (AvgIpc) is 3.27. The first-order valence-electron chi connectivity index (χ1n) is 8.66. The number of rotatable bonds is 2. The lowest BCUT2D eigenvalue weighted by atomic mass is 10.0. The summed E-state index contributed by atoms with van der Waals surface area (Å²) < 4.78 is 0. The first-order valence-corrected chi connectivity index (χ1v) is 8.66. The number of hydrogen-bond donors (Lipinski definition) is 1. The van der Waals surface area contributed by atoms with E-state index in [4.69, 9.17) is 4.84 Å². The molecule has 1 aromatic heterocycles. The second kappa shape index (κ2) is 6.74. The van der Waals surface area contributed by atoms with E-state index >= 15 is 0 Å². The van der Waals surface area contributed by atoms with E-state index in [0.717, 1.165) is 11.3 Å². The number of nitrogens with one attached hydrogen (secondary N) is 1. The van der Waals surface area contributed by atoms with Gasteiger partial charge in [-0.05, 0) is 37.1 Å². The Balaban J connectivity index is 1.55. The Morgan fingerprint density at radius 1 is 1.26 bits per heavy atom. The number of benzene rings is 1. The highest BCUT2D eigenvalue weighted by atomic mass is 16.7. The first-order chi connectivity index (χ1) is 13.0. The molecule has 0 saturated carbocycles. The number of hydrogen-bond acceptors (Lipinski definition) is 6. The highest BCUT2D eigenvalue weighted by molar-refractivity contribution is 5.59. The zero-order valence-electron chi connectivity index (χ0n) is 14.8. The van der Waals surface area contributed by atoms with E-state index < -0.39 is 10.5 Å². The molecular formula is C20H18N4O3. The highest BCUT2D eigenvalue weighted by Crippen LogP contribution is 2.36. The molecule has 2 aliphatic rings. The Labute approximate surface area is 156 Å². The zero-order valence-corrected chi connectivity index (χ0v) is 14.8. The van der Waals surface area contributed by atoms with Crippen molar-refractivity contribution in [1.82, 2.24) is 10.5 Å². The van der Waals surface area contributed by atoms with Gasteiger partial charge in [-0.3, -0.25) is 20.4 Å². The Morgan fingerprint density at radius 2 is 2.07 bits per heavy atom. The minimum absolute atomic E-state index is 0.0108. The molecule has 0 amide bonds. The number of pyridine rings is 1. The summed E-state index contributed by atoms with van der Waals surface area (Å²) in [5.41, 5.74) is 4.71. The van der Waals surface area contributed by atoms with Crippen LogP contribution < -0.4 is 10.4 Å². The van der Waals surface area contributed by atoms with Crippen molar-refractivity contribution >= 4 is 11.5 Å². The van der Waals surface area contributed by atoms with Gasteiger partial charge in [-0.2, -0.15) is 0 Å². The van der Waals surface area contributed by atoms with Gasteiger partial charge in [0.15, 0.2) is 0 Å². The standard InChI is InChI=1S/C20H18N4O3/c1-15-7-10-18(24(25)26)19(21-15)23-12-11-20(14-23)13-17(22-27-20)9-8-16-5-3-2-4-6-16/h2-7,10,13,22H,11-12,14H2,1H3. The predicted molar refractivity (Wildman–Crippen MR) is 101 cm³/mol. The summed E-state index contributed by atoms with van der Waals surface area (Å²) in [6.07, 6.45) is 2.66. The molecule has 2 aromatic rings. The summed E-state index contributed by atoms with van der Waals surface area (Å²) in [5.74, 6) is 6.55. The van der Waals surface area contributed by atoms with Crippen LogP contribution in [-0.4, -0.2) is 28.6 Å². The van der Waals surface area contributed by atoms with Gasteiger partial charge in [0.1, 0.15) is 11.3 Å². The topological polar surface area (TPSA) is 80.5 Å². The number of aryl methyl sites for hydroxylation is 1. The highest BCUT2D eigenvalue weighted by Gasteiger charge is 2.43. The van der Waals surface area contributed by atoms with Gasteiger partial charge in [-0.25, -0.2) is 4.98 Å². The average molecular weight is 362 g/mol. The maximum atomic E-state index is 11.3. The molecule has 4 rings (SSSR count). The van der Waals surface area contributed by atoms with Crippen LogP contribution in [0.5, 0.6) is 0 Å². The van der Waals surface area contributed by atoms with Crippen LogP contribution in [-0.2, 0) is 4.84 Å². The molecule has 3 heterocycles. The van der Waals surface area contributed by atoms with Gasteiger partial charge in [0.2, 0.25) is 5.82 Å². The smallest absolute Gasteiger partial charge is 0.311 e. The summed E-state index contributed by atoms with van der Waals surface area (Å²) in [6, 6.07) is 12.9. The van der Waals surface area contributed by atoms with Crippen molar-refractivity contribution in [3.63, 3.8) is 0 Å². The largest absolute Gasteiger partial charge is 0.347 e. The predicted octanol–water partition coefficient (Wildman–Crippen LogP) is 2.72. The van der Waals surface area contributed by atoms with Crippen molar-refractivity contribution in [3.05, 3.63) is 75.6 Å². The Hall–Kier alpha value is -3.37. The first kappa shape index (κ1) is 17.1. The number of allylic oxidation sites excluding steroid dienone is 1. The van der Waals surface area contributed by atoms with E-state index in [1.54, 1.807) is 6.07 Å². The molecule has 7 heteroatoms. The van der Waals surface area contributed by atoms with Gasteiger partial charge < -0.3 is 4.90 Å². The third kappa shape index (κ3) is 3.48. The van der Waals surface area contributed by atoms with E-state index in [9.17, 15) is 10.1 Å². The molecule has 136 valence electrons. The fraction of sp³-hybridized carbons (Fsp3) is 0.250. The Morgan fingerprint density at radius 3 is 2.85 bits per heavy atom. The number of anilines is 1. The third-order valence-electron chi connectivity index (χ3n) is 4.64. The maximum Gasteiger partial charge on any atom is 0.311 e. The SMILES string of the molecule is Cc1ccc([N+](=O)[O-])c(N2CCC3(C=C(C#Cc4ccccc4)NO3)C2)n1. The fourth-order valence-corrected chi connectivity index (χ4v) is 3.30. The van der Waals surface area contributed by atoms with Crippen LogP contribution in [0.4, 0.5) is 11.5 Å². The van der Waals surface area contributed by atoms with Crippen LogP contribution in [0, 0.1) is 28.9 Å². The molecule has 1 unspecified atom stereocenters. The minimum Gasteiger partial charge on any atom is -0.347 e. The van der Waals surface area contributed by atoms with E-state index in [1.165, 1.54) is 6.07 Å². The summed E-state index contributed by atoms with van der Waals surface area (Å²) in [4.78, 5) is 23.0. The van der Waals surface area contributed by atoms with Gasteiger partial charge in [-0.1, -0.05) is 24.1 Å². The lowest BCUT2D eigenvalue weighted by Gasteiger charge is -2.21. The second-order valence-corrected chi connectivity index (χ2v) is 6.67. The van der Waals surface area contributed by atoms with Crippen LogP contribution >= 0.6 is 0 Å². The van der Waals surface area contributed by atoms with Crippen LogP contribution in [0.25, 0.3) is 0 Å². The molecule has 1 fully saturated rings. The lowest BCUT2D eigenvalue weighted by Crippen LogP contribution is -2.34. The molecule has 1 spiro atoms. The fourth-order valence-electron chi connectivity index (χ4n) is 3.30. The normalized spacial score (nSPS) is 20.8. The Kier molecular flexibility index (Phi) is 4.26. The molecular weight excluding hydrogens is 344 g/mol. The van der Waals surface area contributed by atoms with Crippen molar-refractivity contribution in [2.45, 2.75) is 18.9 Å². The van der Waals surface area contributed by atoms with E-state index in [0.29, 0.717) is 31.0 Å². The van der Waals surface area contributed by atoms with Gasteiger partial charge in [0.25, 0.3) is 0 Å². The van der Waals surface area contributed by atoms with Gasteiger partial charge in [-0.15, -0.1) is 0 Å². The van der Waals surface area contributed by atoms with Crippen molar-refractivity contribution in [1.29, 1.82) is 0 Å². The molecule has 7 nitrogen and oxygen atoms in total. The minimum atomic E-state index is -0.556. The molecule has 27 heavy (non-hydrogen) atoms. The van der Waals surface area contributed by atoms with Crippen molar-refractivity contribution < 1.29 is 9.76 Å². The molecule has 1 atom stereocenters. The summed E-state index contributed by atoms with van der Waals surface area (Å²) >= 11 is 0. The second-order valence-electron chi connectivity index (χ2n) is 6.67. The zero-order chi connectivity index (χ0) is 18.9. The number of nitrogens with zero attached hydrogens (tertiary/aromatic N) is 3. The van der Waals surface area contributed by atoms with Crippen molar-refractivity contribution in [2.24, 2.45) is 0 Å². The van der Waals surface area contributed by atoms with Crippen molar-refractivity contribution in [3.8, 4) is 11.8 Å². The lowest BCUT2D eigenvalue weighted by molar-refractivity contribution is -0.384. The summed E-state index contributed by atoms with van der Waals surface area (Å²) in [6.45, 7) is 2.92. The molecule has 0 radical (unpaired) electrons. The van der Waals surface area contributed by atoms with Crippen LogP contribution in [0.2, 0.25) is 0 Å². The molecule has 0 bridgehead atoms. The summed E-state index contributed by atoms with van der Waals surface area (Å²) in [7, 11) is 0. The van der Waals surface area contributed by atoms with E-state index in [1.807, 2.05) is 48.2 Å². The quantitative estimate of drug-likeness (QED) is 0.503. The molecule has 0 aliphatic carbocycles. The van der Waals surface area contributed by atoms with Crippen molar-refractivity contribution in [2.75, 3.05) is 18.0 Å². The molecule has 1 N–H and O–H groups in total. The van der Waals surface area contributed by atoms with Gasteiger partial charge >= 0.3 is 5.69 Å². The van der Waals surface area contributed by atoms with Crippen LogP contribution in [0.3, 0.4) is 0 Å². The van der Waals surface area contributed by atoms with E-state index in [2.05, 4.69) is 22.3 Å². The Bertz CT molecular complexity index is 978. The molecule has 2 aliphatic heterocycles. The number of aromatic nitrogens is 1. The summed E-state index contributed by atoms with van der Waals surface area (Å²) in [5, 5.41) is 11.3.